The number of amides is 1. The maximum Gasteiger partial charge on any atom is 0.328 e. The smallest absolute Gasteiger partial charge is 0.328 e. The molecular weight excluding hydrogens is 308 g/mol. The maximum absolute atomic E-state index is 12.3. The average Bonchev–Trinajstić information content (AvgIpc) is 2.62. The molecule has 2 rings (SSSR count). The molecule has 0 aromatic heterocycles. The second-order valence-corrected chi connectivity index (χ2v) is 6.09. The fraction of sp³-hybridized carbons (Fsp3) is 0.556. The average molecular weight is 334 g/mol. The highest BCUT2D eigenvalue weighted by molar-refractivity contribution is 5.84. The van der Waals surface area contributed by atoms with E-state index in [4.69, 9.17) is 9.47 Å². The van der Waals surface area contributed by atoms with E-state index < -0.39 is 12.0 Å². The predicted octanol–water partition coefficient (Wildman–Crippen LogP) is 1.29. The van der Waals surface area contributed by atoms with Crippen molar-refractivity contribution in [2.75, 3.05) is 27.3 Å². The van der Waals surface area contributed by atoms with Crippen LogP contribution in [0.2, 0.25) is 0 Å². The van der Waals surface area contributed by atoms with Gasteiger partial charge in [0.1, 0.15) is 11.8 Å². The van der Waals surface area contributed by atoms with Gasteiger partial charge in [0.25, 0.3) is 0 Å². The third-order valence-corrected chi connectivity index (χ3v) is 4.35. The second-order valence-electron chi connectivity index (χ2n) is 6.09. The molecule has 1 amide bonds. The van der Waals surface area contributed by atoms with Crippen molar-refractivity contribution >= 4 is 11.9 Å². The number of nitrogens with one attached hydrogen (secondary N) is 2. The first-order valence-corrected chi connectivity index (χ1v) is 8.33. The van der Waals surface area contributed by atoms with Crippen LogP contribution >= 0.6 is 0 Å². The molecule has 0 aliphatic carbocycles. The summed E-state index contributed by atoms with van der Waals surface area (Å²) in [5, 5.41) is 6.11. The minimum absolute atomic E-state index is 0.0918. The number of esters is 1. The number of carbonyl (C=O) groups excluding carboxylic acids is 2. The third-order valence-electron chi connectivity index (χ3n) is 4.35. The van der Waals surface area contributed by atoms with Crippen molar-refractivity contribution in [2.45, 2.75) is 31.7 Å². The number of benzene rings is 1. The summed E-state index contributed by atoms with van der Waals surface area (Å²) in [7, 11) is 2.94. The molecule has 1 heterocycles. The Hall–Kier alpha value is -2.08. The molecular formula is C18H26N2O4. The van der Waals surface area contributed by atoms with Gasteiger partial charge in [0.2, 0.25) is 5.91 Å². The first-order valence-electron chi connectivity index (χ1n) is 8.33. The van der Waals surface area contributed by atoms with Crippen molar-refractivity contribution in [1.29, 1.82) is 0 Å². The molecule has 0 bridgehead atoms. The summed E-state index contributed by atoms with van der Waals surface area (Å²) in [6, 6.07) is 6.76. The molecule has 0 spiro atoms. The standard InChI is InChI=1S/C18H26N2O4/c1-23-15-5-3-13(4-6-15)11-16(18(22)24-2)20-17(21)12-14-7-9-19-10-8-14/h3-6,14,16,19H,7-12H2,1-2H3,(H,20,21)/t16-/m0/s1. The number of rotatable bonds is 7. The van der Waals surface area contributed by atoms with Crippen molar-refractivity contribution in [3.63, 3.8) is 0 Å². The van der Waals surface area contributed by atoms with Crippen LogP contribution < -0.4 is 15.4 Å². The van der Waals surface area contributed by atoms with Crippen molar-refractivity contribution in [3.8, 4) is 5.75 Å². The van der Waals surface area contributed by atoms with E-state index in [1.165, 1.54) is 7.11 Å². The van der Waals surface area contributed by atoms with Crippen molar-refractivity contribution in [1.82, 2.24) is 10.6 Å². The number of hydrogen-bond donors (Lipinski definition) is 2. The number of methoxy groups -OCH3 is 2. The van der Waals surface area contributed by atoms with Crippen molar-refractivity contribution in [2.24, 2.45) is 5.92 Å². The van der Waals surface area contributed by atoms with Crippen LogP contribution in [0, 0.1) is 5.92 Å². The minimum Gasteiger partial charge on any atom is -0.497 e. The highest BCUT2D eigenvalue weighted by Crippen LogP contribution is 2.16. The van der Waals surface area contributed by atoms with Crippen LogP contribution in [0.25, 0.3) is 0 Å². The van der Waals surface area contributed by atoms with E-state index >= 15 is 0 Å². The van der Waals surface area contributed by atoms with E-state index in [2.05, 4.69) is 10.6 Å². The fourth-order valence-corrected chi connectivity index (χ4v) is 2.93. The molecule has 0 saturated carbocycles. The van der Waals surface area contributed by atoms with E-state index in [9.17, 15) is 9.59 Å². The Kier molecular flexibility index (Phi) is 7.06. The van der Waals surface area contributed by atoms with Crippen LogP contribution in [-0.4, -0.2) is 45.2 Å². The quantitative estimate of drug-likeness (QED) is 0.735. The van der Waals surface area contributed by atoms with Gasteiger partial charge in [-0.25, -0.2) is 4.79 Å². The molecule has 24 heavy (non-hydrogen) atoms. The summed E-state index contributed by atoms with van der Waals surface area (Å²) >= 11 is 0. The van der Waals surface area contributed by atoms with E-state index in [1.54, 1.807) is 7.11 Å². The SMILES string of the molecule is COC(=O)[C@H](Cc1ccc(OC)cc1)NC(=O)CC1CCNCC1. The Morgan fingerprint density at radius 2 is 1.88 bits per heavy atom. The molecule has 1 aromatic carbocycles. The van der Waals surface area contributed by atoms with Crippen LogP contribution in [0.5, 0.6) is 5.75 Å². The van der Waals surface area contributed by atoms with E-state index in [1.807, 2.05) is 24.3 Å². The zero-order valence-electron chi connectivity index (χ0n) is 14.3. The van der Waals surface area contributed by atoms with Gasteiger partial charge in [-0.3, -0.25) is 4.79 Å². The largest absolute Gasteiger partial charge is 0.497 e. The Labute approximate surface area is 142 Å². The molecule has 6 nitrogen and oxygen atoms in total. The summed E-state index contributed by atoms with van der Waals surface area (Å²) < 4.78 is 9.96. The van der Waals surface area contributed by atoms with Crippen LogP contribution in [0.1, 0.15) is 24.8 Å². The topological polar surface area (TPSA) is 76.7 Å². The zero-order chi connectivity index (χ0) is 17.4. The second kappa shape index (κ2) is 9.27. The van der Waals surface area contributed by atoms with Crippen LogP contribution in [0.15, 0.2) is 24.3 Å². The number of carbonyl (C=O) groups is 2. The molecule has 132 valence electrons. The van der Waals surface area contributed by atoms with Crippen LogP contribution in [0.3, 0.4) is 0 Å². The maximum atomic E-state index is 12.3. The molecule has 1 atom stereocenters. The Morgan fingerprint density at radius 1 is 1.21 bits per heavy atom. The Morgan fingerprint density at radius 3 is 2.46 bits per heavy atom. The van der Waals surface area contributed by atoms with Gasteiger partial charge in [-0.1, -0.05) is 12.1 Å². The lowest BCUT2D eigenvalue weighted by atomic mass is 9.94. The lowest BCUT2D eigenvalue weighted by Gasteiger charge is -2.23. The molecule has 1 aromatic rings. The van der Waals surface area contributed by atoms with Gasteiger partial charge < -0.3 is 20.1 Å². The van der Waals surface area contributed by atoms with E-state index in [0.717, 1.165) is 37.2 Å². The monoisotopic (exact) mass is 334 g/mol. The zero-order valence-corrected chi connectivity index (χ0v) is 14.3. The fourth-order valence-electron chi connectivity index (χ4n) is 2.93. The summed E-state index contributed by atoms with van der Waals surface area (Å²) in [4.78, 5) is 24.3. The molecule has 0 radical (unpaired) electrons. The summed E-state index contributed by atoms with van der Waals surface area (Å²) in [5.41, 5.74) is 0.938. The minimum atomic E-state index is -0.669. The van der Waals surface area contributed by atoms with Gasteiger partial charge in [-0.05, 0) is 49.5 Å². The van der Waals surface area contributed by atoms with Crippen molar-refractivity contribution in [3.05, 3.63) is 29.8 Å². The van der Waals surface area contributed by atoms with Crippen LogP contribution in [-0.2, 0) is 20.7 Å². The predicted molar refractivity (Wildman–Crippen MR) is 90.9 cm³/mol. The third kappa shape index (κ3) is 5.53. The lowest BCUT2D eigenvalue weighted by molar-refractivity contribution is -0.145. The van der Waals surface area contributed by atoms with Gasteiger partial charge in [0, 0.05) is 12.8 Å². The molecule has 2 N–H and O–H groups in total. The van der Waals surface area contributed by atoms with Gasteiger partial charge in [0.15, 0.2) is 0 Å². The molecule has 1 fully saturated rings. The van der Waals surface area contributed by atoms with Crippen LogP contribution in [0.4, 0.5) is 0 Å². The molecule has 1 aliphatic heterocycles. The van der Waals surface area contributed by atoms with Crippen molar-refractivity contribution < 1.29 is 19.1 Å². The van der Waals surface area contributed by atoms with Gasteiger partial charge in [-0.15, -0.1) is 0 Å². The first-order chi connectivity index (χ1) is 11.6. The highest BCUT2D eigenvalue weighted by atomic mass is 16.5. The Balaban J connectivity index is 1.93. The van der Waals surface area contributed by atoms with E-state index in [-0.39, 0.29) is 5.91 Å². The normalized spacial score (nSPS) is 16.2. The summed E-state index contributed by atoms with van der Waals surface area (Å²) in [5.74, 6) is 0.615. The number of hydrogen-bond acceptors (Lipinski definition) is 5. The molecule has 6 heteroatoms. The lowest BCUT2D eigenvalue weighted by Crippen LogP contribution is -2.44. The number of ether oxygens (including phenoxy) is 2. The molecule has 1 aliphatic rings. The number of piperidine rings is 1. The van der Waals surface area contributed by atoms with Gasteiger partial charge >= 0.3 is 5.97 Å². The van der Waals surface area contributed by atoms with Gasteiger partial charge in [0.05, 0.1) is 14.2 Å². The summed E-state index contributed by atoms with van der Waals surface area (Å²) in [6.45, 7) is 1.90. The van der Waals surface area contributed by atoms with Gasteiger partial charge in [-0.2, -0.15) is 0 Å². The molecule has 0 unspecified atom stereocenters. The highest BCUT2D eigenvalue weighted by Gasteiger charge is 2.24. The van der Waals surface area contributed by atoms with E-state index in [0.29, 0.717) is 18.8 Å². The summed E-state index contributed by atoms with van der Waals surface area (Å²) in [6.07, 6.45) is 2.84. The molecule has 1 saturated heterocycles. The first kappa shape index (κ1) is 18.3. The Bertz CT molecular complexity index is 538.